The first-order chi connectivity index (χ1) is 10.5. The molecule has 0 saturated carbocycles. The van der Waals surface area contributed by atoms with E-state index in [4.69, 9.17) is 16.3 Å². The molecule has 0 fully saturated rings. The number of nitrogens with zero attached hydrogens (tertiary/aromatic N) is 3. The van der Waals surface area contributed by atoms with Crippen molar-refractivity contribution < 1.29 is 14.3 Å². The Labute approximate surface area is 131 Å². The number of ether oxygens (including phenoxy) is 1. The standard InChI is InChI=1S/C13H14ClN5O3/c1-8(20)16-12-6-15-19(18-12)7-13(21)17-10-5-9(14)3-4-11(10)22-2/h3-6H,7H2,1-2H3,(H,17,21)(H,16,18,20). The average Bonchev–Trinajstić information content (AvgIpc) is 2.85. The third-order valence-electron chi connectivity index (χ3n) is 2.56. The van der Waals surface area contributed by atoms with Crippen LogP contribution >= 0.6 is 11.6 Å². The summed E-state index contributed by atoms with van der Waals surface area (Å²) in [6, 6.07) is 4.89. The second-order valence-corrected chi connectivity index (χ2v) is 4.77. The summed E-state index contributed by atoms with van der Waals surface area (Å²) in [5.74, 6) is 0.149. The highest BCUT2D eigenvalue weighted by atomic mass is 35.5. The van der Waals surface area contributed by atoms with Crippen LogP contribution in [0.1, 0.15) is 6.92 Å². The Bertz CT molecular complexity index is 701. The quantitative estimate of drug-likeness (QED) is 0.869. The fourth-order valence-electron chi connectivity index (χ4n) is 1.71. The molecular weight excluding hydrogens is 310 g/mol. The van der Waals surface area contributed by atoms with Gasteiger partial charge in [-0.15, -0.1) is 5.10 Å². The van der Waals surface area contributed by atoms with Crippen molar-refractivity contribution in [3.05, 3.63) is 29.4 Å². The van der Waals surface area contributed by atoms with Crippen molar-refractivity contribution in [3.8, 4) is 5.75 Å². The highest BCUT2D eigenvalue weighted by Gasteiger charge is 2.11. The largest absolute Gasteiger partial charge is 0.495 e. The predicted molar refractivity (Wildman–Crippen MR) is 81.0 cm³/mol. The number of anilines is 2. The van der Waals surface area contributed by atoms with Crippen LogP contribution in [0.3, 0.4) is 0 Å². The first kappa shape index (κ1) is 15.8. The van der Waals surface area contributed by atoms with Crippen LogP contribution in [-0.4, -0.2) is 33.9 Å². The monoisotopic (exact) mass is 323 g/mol. The van der Waals surface area contributed by atoms with E-state index in [1.54, 1.807) is 18.2 Å². The number of rotatable bonds is 5. The van der Waals surface area contributed by atoms with Gasteiger partial charge in [0.1, 0.15) is 12.3 Å². The molecule has 0 spiro atoms. The number of carbonyl (C=O) groups excluding carboxylic acids is 2. The van der Waals surface area contributed by atoms with Gasteiger partial charge in [-0.1, -0.05) is 11.6 Å². The molecule has 0 bridgehead atoms. The zero-order valence-electron chi connectivity index (χ0n) is 12.0. The number of hydrogen-bond donors (Lipinski definition) is 2. The van der Waals surface area contributed by atoms with Crippen LogP contribution in [0, 0.1) is 0 Å². The van der Waals surface area contributed by atoms with Crippen LogP contribution < -0.4 is 15.4 Å². The molecule has 1 aromatic heterocycles. The summed E-state index contributed by atoms with van der Waals surface area (Å²) < 4.78 is 5.14. The number of carbonyl (C=O) groups is 2. The van der Waals surface area contributed by atoms with Gasteiger partial charge in [0.2, 0.25) is 11.8 Å². The van der Waals surface area contributed by atoms with E-state index in [0.29, 0.717) is 16.5 Å². The molecule has 0 atom stereocenters. The summed E-state index contributed by atoms with van der Waals surface area (Å²) in [5, 5.41) is 13.4. The molecular formula is C13H14ClN5O3. The maximum atomic E-state index is 12.0. The first-order valence-corrected chi connectivity index (χ1v) is 6.67. The number of amides is 2. The van der Waals surface area contributed by atoms with Crippen LogP contribution in [0.4, 0.5) is 11.5 Å². The van der Waals surface area contributed by atoms with E-state index in [1.165, 1.54) is 20.2 Å². The molecule has 0 radical (unpaired) electrons. The SMILES string of the molecule is COc1ccc(Cl)cc1NC(=O)Cn1ncc(NC(C)=O)n1. The first-order valence-electron chi connectivity index (χ1n) is 6.29. The van der Waals surface area contributed by atoms with Crippen LogP contribution in [0.2, 0.25) is 5.02 Å². The molecule has 0 unspecified atom stereocenters. The van der Waals surface area contributed by atoms with Crippen LogP contribution in [0.5, 0.6) is 5.75 Å². The molecule has 2 rings (SSSR count). The maximum absolute atomic E-state index is 12.0. The van der Waals surface area contributed by atoms with Crippen LogP contribution in [0.15, 0.2) is 24.4 Å². The molecule has 2 N–H and O–H groups in total. The Hall–Kier alpha value is -2.61. The minimum Gasteiger partial charge on any atom is -0.495 e. The fourth-order valence-corrected chi connectivity index (χ4v) is 1.88. The van der Waals surface area contributed by atoms with Gasteiger partial charge >= 0.3 is 0 Å². The van der Waals surface area contributed by atoms with Crippen molar-refractivity contribution in [1.29, 1.82) is 0 Å². The maximum Gasteiger partial charge on any atom is 0.248 e. The number of halogens is 1. The highest BCUT2D eigenvalue weighted by Crippen LogP contribution is 2.27. The summed E-state index contributed by atoms with van der Waals surface area (Å²) in [7, 11) is 1.49. The normalized spacial score (nSPS) is 10.1. The molecule has 2 amide bonds. The van der Waals surface area contributed by atoms with Gasteiger partial charge in [0.05, 0.1) is 19.0 Å². The summed E-state index contributed by atoms with van der Waals surface area (Å²) in [5.41, 5.74) is 0.453. The van der Waals surface area contributed by atoms with Crippen molar-refractivity contribution in [3.63, 3.8) is 0 Å². The smallest absolute Gasteiger partial charge is 0.248 e. The Balaban J connectivity index is 2.02. The summed E-state index contributed by atoms with van der Waals surface area (Å²) in [4.78, 5) is 24.1. The summed E-state index contributed by atoms with van der Waals surface area (Å²) in [6.07, 6.45) is 1.36. The molecule has 2 aromatic rings. The molecule has 1 aromatic carbocycles. The van der Waals surface area contributed by atoms with E-state index in [0.717, 1.165) is 4.80 Å². The number of nitrogens with one attached hydrogen (secondary N) is 2. The number of hydrogen-bond acceptors (Lipinski definition) is 5. The minimum atomic E-state index is -0.356. The molecule has 116 valence electrons. The number of aromatic nitrogens is 3. The van der Waals surface area contributed by atoms with E-state index in [-0.39, 0.29) is 24.2 Å². The molecule has 0 aliphatic rings. The summed E-state index contributed by atoms with van der Waals surface area (Å²) >= 11 is 5.89. The zero-order valence-corrected chi connectivity index (χ0v) is 12.7. The second kappa shape index (κ2) is 6.90. The third kappa shape index (κ3) is 4.19. The lowest BCUT2D eigenvalue weighted by molar-refractivity contribution is -0.117. The number of benzene rings is 1. The second-order valence-electron chi connectivity index (χ2n) is 4.33. The summed E-state index contributed by atoms with van der Waals surface area (Å²) in [6.45, 7) is 1.24. The fraction of sp³-hybridized carbons (Fsp3) is 0.231. The molecule has 0 aliphatic heterocycles. The molecule has 0 saturated heterocycles. The van der Waals surface area contributed by atoms with Gasteiger partial charge in [-0.05, 0) is 18.2 Å². The van der Waals surface area contributed by atoms with E-state index >= 15 is 0 Å². The minimum absolute atomic E-state index is 0.116. The Morgan fingerprint density at radius 1 is 1.36 bits per heavy atom. The Kier molecular flexibility index (Phi) is 4.95. The number of methoxy groups -OCH3 is 1. The van der Waals surface area contributed by atoms with Crippen LogP contribution in [-0.2, 0) is 16.1 Å². The van der Waals surface area contributed by atoms with E-state index in [9.17, 15) is 9.59 Å². The highest BCUT2D eigenvalue weighted by molar-refractivity contribution is 6.31. The lowest BCUT2D eigenvalue weighted by Gasteiger charge is -2.10. The third-order valence-corrected chi connectivity index (χ3v) is 2.80. The van der Waals surface area contributed by atoms with Crippen molar-refractivity contribution in [1.82, 2.24) is 15.0 Å². The Morgan fingerprint density at radius 2 is 2.14 bits per heavy atom. The predicted octanol–water partition coefficient (Wildman–Crippen LogP) is 1.54. The molecule has 0 aliphatic carbocycles. The van der Waals surface area contributed by atoms with E-state index < -0.39 is 0 Å². The van der Waals surface area contributed by atoms with Gasteiger partial charge in [0.15, 0.2) is 5.82 Å². The van der Waals surface area contributed by atoms with E-state index in [1.807, 2.05) is 0 Å². The lowest BCUT2D eigenvalue weighted by atomic mass is 10.3. The van der Waals surface area contributed by atoms with Crippen molar-refractivity contribution in [2.75, 3.05) is 17.7 Å². The van der Waals surface area contributed by atoms with Crippen molar-refractivity contribution in [2.45, 2.75) is 13.5 Å². The lowest BCUT2D eigenvalue weighted by Crippen LogP contribution is -2.21. The van der Waals surface area contributed by atoms with Gasteiger partial charge < -0.3 is 15.4 Å². The van der Waals surface area contributed by atoms with Crippen LogP contribution in [0.25, 0.3) is 0 Å². The zero-order chi connectivity index (χ0) is 16.1. The molecule has 8 nitrogen and oxygen atoms in total. The molecule has 9 heteroatoms. The Morgan fingerprint density at radius 3 is 2.82 bits per heavy atom. The van der Waals surface area contributed by atoms with Gasteiger partial charge in [-0.3, -0.25) is 9.59 Å². The van der Waals surface area contributed by atoms with Gasteiger partial charge in [-0.2, -0.15) is 9.90 Å². The van der Waals surface area contributed by atoms with Gasteiger partial charge in [-0.25, -0.2) is 0 Å². The van der Waals surface area contributed by atoms with Crippen molar-refractivity contribution >= 4 is 34.9 Å². The topological polar surface area (TPSA) is 98.1 Å². The van der Waals surface area contributed by atoms with Crippen molar-refractivity contribution in [2.24, 2.45) is 0 Å². The molecule has 1 heterocycles. The average molecular weight is 324 g/mol. The molecule has 22 heavy (non-hydrogen) atoms. The van der Waals surface area contributed by atoms with Gasteiger partial charge in [0, 0.05) is 11.9 Å². The van der Waals surface area contributed by atoms with Gasteiger partial charge in [0.25, 0.3) is 0 Å². The van der Waals surface area contributed by atoms with E-state index in [2.05, 4.69) is 20.8 Å².